The van der Waals surface area contributed by atoms with Crippen molar-refractivity contribution >= 4 is 30.5 Å². The Hall–Kier alpha value is -0.480. The van der Waals surface area contributed by atoms with Crippen molar-refractivity contribution in [3.63, 3.8) is 0 Å². The largest absolute Gasteiger partial charge is 0.369 e. The van der Waals surface area contributed by atoms with E-state index in [4.69, 9.17) is 5.73 Å². The van der Waals surface area contributed by atoms with E-state index < -0.39 is 0 Å². The van der Waals surface area contributed by atoms with Gasteiger partial charge in [0.15, 0.2) is 0 Å². The lowest BCUT2D eigenvalue weighted by molar-refractivity contribution is 0.217. The highest BCUT2D eigenvalue weighted by Gasteiger charge is 2.23. The van der Waals surface area contributed by atoms with Crippen LogP contribution < -0.4 is 10.6 Å². The highest BCUT2D eigenvalue weighted by molar-refractivity contribution is 5.85. The van der Waals surface area contributed by atoms with E-state index in [-0.39, 0.29) is 24.8 Å². The molecule has 1 heterocycles. The molecule has 0 aromatic heterocycles. The topological polar surface area (TPSA) is 32.5 Å². The Bertz CT molecular complexity index is 550. The summed E-state index contributed by atoms with van der Waals surface area (Å²) >= 11 is 0. The summed E-state index contributed by atoms with van der Waals surface area (Å²) in [5.74, 6) is 0.931. The van der Waals surface area contributed by atoms with Crippen LogP contribution in [0, 0.1) is 5.92 Å². The molecule has 2 fully saturated rings. The van der Waals surface area contributed by atoms with Gasteiger partial charge < -0.3 is 10.6 Å². The lowest BCUT2D eigenvalue weighted by Crippen LogP contribution is -2.47. The van der Waals surface area contributed by atoms with Gasteiger partial charge in [0.25, 0.3) is 0 Å². The van der Waals surface area contributed by atoms with E-state index in [0.29, 0.717) is 6.04 Å². The van der Waals surface area contributed by atoms with Gasteiger partial charge in [0, 0.05) is 37.9 Å². The van der Waals surface area contributed by atoms with Crippen LogP contribution in [0.15, 0.2) is 18.2 Å². The maximum Gasteiger partial charge on any atom is 0.0402 e. The molecule has 0 bridgehead atoms. The number of benzene rings is 1. The number of halogens is 2. The third kappa shape index (κ3) is 5.07. The van der Waals surface area contributed by atoms with Crippen molar-refractivity contribution in [1.82, 2.24) is 4.90 Å². The fourth-order valence-electron chi connectivity index (χ4n) is 4.95. The molecule has 26 heavy (non-hydrogen) atoms. The number of hydrogen-bond acceptors (Lipinski definition) is 3. The second-order valence-corrected chi connectivity index (χ2v) is 8.17. The highest BCUT2D eigenvalue weighted by atomic mass is 35.5. The minimum Gasteiger partial charge on any atom is -0.369 e. The van der Waals surface area contributed by atoms with Crippen LogP contribution in [0.1, 0.15) is 49.7 Å². The predicted octanol–water partition coefficient (Wildman–Crippen LogP) is 4.05. The van der Waals surface area contributed by atoms with Gasteiger partial charge in [-0.3, -0.25) is 4.90 Å². The molecular formula is C21H35Cl2N3. The van der Waals surface area contributed by atoms with Gasteiger partial charge in [-0.2, -0.15) is 0 Å². The third-order valence-corrected chi connectivity index (χ3v) is 6.58. The van der Waals surface area contributed by atoms with Crippen molar-refractivity contribution in [1.29, 1.82) is 0 Å². The van der Waals surface area contributed by atoms with Gasteiger partial charge in [-0.25, -0.2) is 0 Å². The van der Waals surface area contributed by atoms with Crippen molar-refractivity contribution in [2.75, 3.05) is 37.6 Å². The molecule has 0 amide bonds. The molecule has 1 aromatic rings. The molecule has 1 saturated carbocycles. The smallest absolute Gasteiger partial charge is 0.0402 e. The highest BCUT2D eigenvalue weighted by Crippen LogP contribution is 2.32. The Labute approximate surface area is 171 Å². The number of anilines is 1. The quantitative estimate of drug-likeness (QED) is 0.828. The van der Waals surface area contributed by atoms with Crippen LogP contribution >= 0.6 is 24.8 Å². The SMILES string of the molecule is Cl.Cl.NC1CCC(CCN2CCN(c3cccc4c3CCC4)CC2)CC1. The molecule has 1 aliphatic heterocycles. The predicted molar refractivity (Wildman–Crippen MR) is 116 cm³/mol. The monoisotopic (exact) mass is 399 g/mol. The Balaban J connectivity index is 0.00000121. The maximum absolute atomic E-state index is 6.03. The fourth-order valence-corrected chi connectivity index (χ4v) is 4.95. The van der Waals surface area contributed by atoms with Gasteiger partial charge in [0.2, 0.25) is 0 Å². The van der Waals surface area contributed by atoms with Crippen molar-refractivity contribution in [3.05, 3.63) is 29.3 Å². The van der Waals surface area contributed by atoms with Gasteiger partial charge in [0.1, 0.15) is 0 Å². The summed E-state index contributed by atoms with van der Waals surface area (Å²) in [4.78, 5) is 5.33. The standard InChI is InChI=1S/C21H33N3.2ClH/c22-19-9-7-17(8-10-19)11-12-23-13-15-24(16-14-23)21-6-2-4-18-3-1-5-20(18)21;;/h2,4,6,17,19H,1,3,5,7-16,22H2;2*1H. The first kappa shape index (κ1) is 21.8. The Morgan fingerprint density at radius 3 is 2.38 bits per heavy atom. The first-order chi connectivity index (χ1) is 11.8. The van der Waals surface area contributed by atoms with Gasteiger partial charge in [0.05, 0.1) is 0 Å². The summed E-state index contributed by atoms with van der Waals surface area (Å²) in [5, 5.41) is 0. The molecular weight excluding hydrogens is 365 g/mol. The molecule has 148 valence electrons. The number of hydrogen-bond donors (Lipinski definition) is 1. The molecule has 4 rings (SSSR count). The Morgan fingerprint density at radius 1 is 0.923 bits per heavy atom. The summed E-state index contributed by atoms with van der Waals surface area (Å²) in [6.07, 6.45) is 10.5. The molecule has 1 aromatic carbocycles. The fraction of sp³-hybridized carbons (Fsp3) is 0.714. The zero-order valence-corrected chi connectivity index (χ0v) is 17.5. The minimum atomic E-state index is 0. The van der Waals surface area contributed by atoms with Crippen molar-refractivity contribution in [2.24, 2.45) is 11.7 Å². The number of fused-ring (bicyclic) bond motifs is 1. The molecule has 2 N–H and O–H groups in total. The summed E-state index contributed by atoms with van der Waals surface area (Å²) in [6.45, 7) is 6.16. The zero-order valence-electron chi connectivity index (χ0n) is 15.9. The molecule has 0 spiro atoms. The number of aryl methyl sites for hydroxylation is 1. The van der Waals surface area contributed by atoms with Gasteiger partial charge in [-0.1, -0.05) is 12.1 Å². The van der Waals surface area contributed by atoms with E-state index in [1.54, 1.807) is 11.1 Å². The maximum atomic E-state index is 6.03. The van der Waals surface area contributed by atoms with Crippen molar-refractivity contribution < 1.29 is 0 Å². The average molecular weight is 400 g/mol. The number of piperazine rings is 1. The minimum absolute atomic E-state index is 0. The van der Waals surface area contributed by atoms with E-state index in [9.17, 15) is 0 Å². The molecule has 1 saturated heterocycles. The molecule has 3 aliphatic rings. The van der Waals surface area contributed by atoms with E-state index in [0.717, 1.165) is 5.92 Å². The van der Waals surface area contributed by atoms with Crippen molar-refractivity contribution in [2.45, 2.75) is 57.4 Å². The first-order valence-corrected chi connectivity index (χ1v) is 10.1. The zero-order chi connectivity index (χ0) is 16.4. The molecule has 5 heteroatoms. The van der Waals surface area contributed by atoms with Crippen LogP contribution in [0.3, 0.4) is 0 Å². The lowest BCUT2D eigenvalue weighted by atomic mass is 9.84. The number of nitrogens with zero attached hydrogens (tertiary/aromatic N) is 2. The average Bonchev–Trinajstić information content (AvgIpc) is 3.10. The molecule has 0 unspecified atom stereocenters. The Kier molecular flexibility index (Phi) is 8.53. The van der Waals surface area contributed by atoms with Crippen LogP contribution in [0.2, 0.25) is 0 Å². The third-order valence-electron chi connectivity index (χ3n) is 6.58. The Morgan fingerprint density at radius 2 is 1.65 bits per heavy atom. The van der Waals surface area contributed by atoms with Crippen LogP contribution in [0.4, 0.5) is 5.69 Å². The number of rotatable bonds is 4. The van der Waals surface area contributed by atoms with Gasteiger partial charge in [-0.05, 0) is 81.0 Å². The van der Waals surface area contributed by atoms with E-state index in [1.807, 2.05) is 0 Å². The summed E-state index contributed by atoms with van der Waals surface area (Å²) in [7, 11) is 0. The molecule has 0 atom stereocenters. The lowest BCUT2D eigenvalue weighted by Gasteiger charge is -2.38. The van der Waals surface area contributed by atoms with Crippen molar-refractivity contribution in [3.8, 4) is 0 Å². The van der Waals surface area contributed by atoms with Crippen LogP contribution in [0.5, 0.6) is 0 Å². The van der Waals surface area contributed by atoms with Crippen LogP contribution in [0.25, 0.3) is 0 Å². The molecule has 2 aliphatic carbocycles. The summed E-state index contributed by atoms with van der Waals surface area (Å²) < 4.78 is 0. The second-order valence-electron chi connectivity index (χ2n) is 8.17. The number of nitrogens with two attached hydrogens (primary N) is 1. The first-order valence-electron chi connectivity index (χ1n) is 10.1. The van der Waals surface area contributed by atoms with E-state index >= 15 is 0 Å². The van der Waals surface area contributed by atoms with Crippen LogP contribution in [-0.2, 0) is 12.8 Å². The molecule has 3 nitrogen and oxygen atoms in total. The molecule has 0 radical (unpaired) electrons. The normalized spacial score (nSPS) is 26.0. The van der Waals surface area contributed by atoms with E-state index in [2.05, 4.69) is 28.0 Å². The summed E-state index contributed by atoms with van der Waals surface area (Å²) in [5.41, 5.74) is 10.8. The second kappa shape index (κ2) is 10.2. The summed E-state index contributed by atoms with van der Waals surface area (Å²) in [6, 6.07) is 7.43. The van der Waals surface area contributed by atoms with Gasteiger partial charge in [-0.15, -0.1) is 24.8 Å². The van der Waals surface area contributed by atoms with E-state index in [1.165, 1.54) is 89.8 Å². The van der Waals surface area contributed by atoms with Gasteiger partial charge >= 0.3 is 0 Å². The van der Waals surface area contributed by atoms with Crippen LogP contribution in [-0.4, -0.2) is 43.7 Å².